The van der Waals surface area contributed by atoms with Crippen LogP contribution in [0.3, 0.4) is 0 Å². The lowest BCUT2D eigenvalue weighted by atomic mass is 10.3. The molecule has 1 atom stereocenters. The molecule has 0 saturated carbocycles. The number of aromatic nitrogens is 2. The summed E-state index contributed by atoms with van der Waals surface area (Å²) < 4.78 is 32.2. The van der Waals surface area contributed by atoms with Gasteiger partial charge in [0.15, 0.2) is 0 Å². The van der Waals surface area contributed by atoms with E-state index in [2.05, 4.69) is 22.6 Å². The maximum absolute atomic E-state index is 12.9. The predicted molar refractivity (Wildman–Crippen MR) is 87.6 cm³/mol. The summed E-state index contributed by atoms with van der Waals surface area (Å²) in [6.45, 7) is 1.99. The van der Waals surface area contributed by atoms with Crippen molar-refractivity contribution in [3.63, 3.8) is 0 Å². The summed E-state index contributed by atoms with van der Waals surface area (Å²) in [7, 11) is -2.11. The third-order valence-corrected chi connectivity index (χ3v) is 5.79. The lowest BCUT2D eigenvalue weighted by Crippen LogP contribution is -2.39. The van der Waals surface area contributed by atoms with Gasteiger partial charge in [0, 0.05) is 24.2 Å². The number of benzene rings is 1. The number of ether oxygens (including phenoxy) is 1. The molecule has 1 aromatic carbocycles. The van der Waals surface area contributed by atoms with Crippen LogP contribution in [0.25, 0.3) is 0 Å². The fraction of sp³-hybridized carbons (Fsp3) is 0.357. The highest BCUT2D eigenvalue weighted by molar-refractivity contribution is 7.89. The van der Waals surface area contributed by atoms with Gasteiger partial charge in [0.1, 0.15) is 11.6 Å². The van der Waals surface area contributed by atoms with Crippen LogP contribution >= 0.6 is 12.6 Å². The summed E-state index contributed by atoms with van der Waals surface area (Å²) in [4.78, 5) is 7.24. The number of H-pyrrole nitrogens is 1. The standard InChI is InChI=1S/C14H19N3O3S2/c1-11(10-21)17(9-14-15-7-8-16-14)22(18,19)13-5-3-12(20-2)4-6-13/h3-8,11,21H,9-10H2,1-2H3,(H,15,16)/t11-/m1/s1. The Bertz CT molecular complexity index is 685. The maximum Gasteiger partial charge on any atom is 0.243 e. The zero-order chi connectivity index (χ0) is 16.2. The second-order valence-corrected chi connectivity index (χ2v) is 7.05. The molecule has 1 heterocycles. The van der Waals surface area contributed by atoms with Gasteiger partial charge < -0.3 is 9.72 Å². The highest BCUT2D eigenvalue weighted by Crippen LogP contribution is 2.23. The van der Waals surface area contributed by atoms with Gasteiger partial charge >= 0.3 is 0 Å². The predicted octanol–water partition coefficient (Wildman–Crippen LogP) is 1.93. The molecule has 0 fully saturated rings. The van der Waals surface area contributed by atoms with Gasteiger partial charge in [0.05, 0.1) is 18.6 Å². The van der Waals surface area contributed by atoms with Crippen molar-refractivity contribution in [3.8, 4) is 5.75 Å². The van der Waals surface area contributed by atoms with Crippen molar-refractivity contribution in [2.75, 3.05) is 12.9 Å². The Morgan fingerprint density at radius 1 is 1.36 bits per heavy atom. The van der Waals surface area contributed by atoms with E-state index in [-0.39, 0.29) is 17.5 Å². The molecule has 2 aromatic rings. The normalized spacial score (nSPS) is 13.3. The third kappa shape index (κ3) is 3.63. The number of thiol groups is 1. The molecule has 0 amide bonds. The van der Waals surface area contributed by atoms with E-state index in [1.807, 2.05) is 6.92 Å². The van der Waals surface area contributed by atoms with Crippen LogP contribution in [0, 0.1) is 0 Å². The van der Waals surface area contributed by atoms with Crippen LogP contribution in [0.15, 0.2) is 41.6 Å². The monoisotopic (exact) mass is 341 g/mol. The molecule has 2 rings (SSSR count). The summed E-state index contributed by atoms with van der Waals surface area (Å²) in [5.41, 5.74) is 0. The minimum absolute atomic E-state index is 0.170. The average molecular weight is 341 g/mol. The van der Waals surface area contributed by atoms with Crippen LogP contribution in [0.2, 0.25) is 0 Å². The topological polar surface area (TPSA) is 75.3 Å². The number of nitrogens with one attached hydrogen (secondary N) is 1. The van der Waals surface area contributed by atoms with Gasteiger partial charge in [0.25, 0.3) is 0 Å². The molecule has 0 aliphatic heterocycles. The van der Waals surface area contributed by atoms with Gasteiger partial charge in [0.2, 0.25) is 10.0 Å². The number of aromatic amines is 1. The van der Waals surface area contributed by atoms with E-state index in [0.29, 0.717) is 17.3 Å². The van der Waals surface area contributed by atoms with E-state index in [1.54, 1.807) is 24.5 Å². The van der Waals surface area contributed by atoms with E-state index in [4.69, 9.17) is 4.74 Å². The first-order valence-corrected chi connectivity index (χ1v) is 8.81. The number of sulfonamides is 1. The van der Waals surface area contributed by atoms with Crippen LogP contribution in [0.5, 0.6) is 5.75 Å². The van der Waals surface area contributed by atoms with Crippen LogP contribution in [0.1, 0.15) is 12.7 Å². The summed E-state index contributed by atoms with van der Waals surface area (Å²) in [6.07, 6.45) is 3.26. The largest absolute Gasteiger partial charge is 0.497 e. The molecule has 6 nitrogen and oxygen atoms in total. The molecule has 0 spiro atoms. The number of imidazole rings is 1. The SMILES string of the molecule is COc1ccc(S(=O)(=O)N(Cc2ncc[nH]2)[C@H](C)CS)cc1. The second kappa shape index (κ2) is 7.17. The fourth-order valence-corrected chi connectivity index (χ4v) is 3.88. The number of rotatable bonds is 7. The van der Waals surface area contributed by atoms with Gasteiger partial charge in [-0.1, -0.05) is 0 Å². The Labute approximate surface area is 136 Å². The lowest BCUT2D eigenvalue weighted by molar-refractivity contribution is 0.345. The van der Waals surface area contributed by atoms with E-state index in [0.717, 1.165) is 0 Å². The zero-order valence-electron chi connectivity index (χ0n) is 12.4. The van der Waals surface area contributed by atoms with Crippen LogP contribution < -0.4 is 4.74 Å². The molecule has 0 aliphatic rings. The van der Waals surface area contributed by atoms with Crippen molar-refractivity contribution in [2.45, 2.75) is 24.4 Å². The minimum atomic E-state index is -3.64. The molecule has 0 bridgehead atoms. The zero-order valence-corrected chi connectivity index (χ0v) is 14.1. The molecule has 22 heavy (non-hydrogen) atoms. The number of hydrogen-bond donors (Lipinski definition) is 2. The molecule has 1 aromatic heterocycles. The summed E-state index contributed by atoms with van der Waals surface area (Å²) in [6, 6.07) is 6.07. The van der Waals surface area contributed by atoms with Gasteiger partial charge in [-0.3, -0.25) is 0 Å². The third-order valence-electron chi connectivity index (χ3n) is 3.28. The average Bonchev–Trinajstić information content (AvgIpc) is 3.05. The quantitative estimate of drug-likeness (QED) is 0.755. The van der Waals surface area contributed by atoms with Crippen LogP contribution in [0.4, 0.5) is 0 Å². The smallest absolute Gasteiger partial charge is 0.243 e. The van der Waals surface area contributed by atoms with Gasteiger partial charge in [-0.15, -0.1) is 0 Å². The Kier molecular flexibility index (Phi) is 5.49. The van der Waals surface area contributed by atoms with Gasteiger partial charge in [-0.2, -0.15) is 16.9 Å². The minimum Gasteiger partial charge on any atom is -0.497 e. The van der Waals surface area contributed by atoms with Crippen molar-refractivity contribution in [1.29, 1.82) is 0 Å². The van der Waals surface area contributed by atoms with Crippen molar-refractivity contribution < 1.29 is 13.2 Å². The van der Waals surface area contributed by atoms with Crippen LogP contribution in [-0.4, -0.2) is 41.6 Å². The van der Waals surface area contributed by atoms with Crippen molar-refractivity contribution in [2.24, 2.45) is 0 Å². The Hall–Kier alpha value is -1.51. The van der Waals surface area contributed by atoms with Gasteiger partial charge in [-0.05, 0) is 31.2 Å². The Morgan fingerprint density at radius 3 is 2.55 bits per heavy atom. The molecule has 0 unspecified atom stereocenters. The number of methoxy groups -OCH3 is 1. The highest BCUT2D eigenvalue weighted by atomic mass is 32.2. The Morgan fingerprint density at radius 2 is 2.05 bits per heavy atom. The first kappa shape index (κ1) is 16.9. The molecular formula is C14H19N3O3S2. The summed E-state index contributed by atoms with van der Waals surface area (Å²) in [5, 5.41) is 0. The highest BCUT2D eigenvalue weighted by Gasteiger charge is 2.29. The lowest BCUT2D eigenvalue weighted by Gasteiger charge is -2.26. The number of hydrogen-bond acceptors (Lipinski definition) is 5. The second-order valence-electron chi connectivity index (χ2n) is 4.79. The molecule has 120 valence electrons. The van der Waals surface area contributed by atoms with Gasteiger partial charge in [-0.25, -0.2) is 13.4 Å². The first-order valence-electron chi connectivity index (χ1n) is 6.74. The fourth-order valence-electron chi connectivity index (χ4n) is 1.98. The Balaban J connectivity index is 2.35. The molecule has 1 N–H and O–H groups in total. The summed E-state index contributed by atoms with van der Waals surface area (Å²) >= 11 is 4.23. The maximum atomic E-state index is 12.9. The molecule has 0 aliphatic carbocycles. The number of nitrogens with zero attached hydrogens (tertiary/aromatic N) is 2. The van der Waals surface area contributed by atoms with Crippen molar-refractivity contribution >= 4 is 22.7 Å². The van der Waals surface area contributed by atoms with Crippen LogP contribution in [-0.2, 0) is 16.6 Å². The first-order chi connectivity index (χ1) is 10.5. The summed E-state index contributed by atoms with van der Waals surface area (Å²) in [5.74, 6) is 1.61. The van der Waals surface area contributed by atoms with Crippen molar-refractivity contribution in [1.82, 2.24) is 14.3 Å². The molecule has 0 saturated heterocycles. The van der Waals surface area contributed by atoms with E-state index >= 15 is 0 Å². The molecule has 8 heteroatoms. The van der Waals surface area contributed by atoms with E-state index in [9.17, 15) is 8.42 Å². The molecular weight excluding hydrogens is 322 g/mol. The van der Waals surface area contributed by atoms with E-state index in [1.165, 1.54) is 23.5 Å². The van der Waals surface area contributed by atoms with E-state index < -0.39 is 10.0 Å². The molecule has 0 radical (unpaired) electrons. The van der Waals surface area contributed by atoms with Crippen molar-refractivity contribution in [3.05, 3.63) is 42.5 Å².